The average Bonchev–Trinajstić information content (AvgIpc) is 3.13. The lowest BCUT2D eigenvalue weighted by Gasteiger charge is -2.20. The van der Waals surface area contributed by atoms with Crippen LogP contribution in [0.2, 0.25) is 0 Å². The highest BCUT2D eigenvalue weighted by atomic mass is 16.6. The molecule has 1 aliphatic rings. The lowest BCUT2D eigenvalue weighted by Crippen LogP contribution is -2.25. The Morgan fingerprint density at radius 1 is 0.853 bits per heavy atom. The summed E-state index contributed by atoms with van der Waals surface area (Å²) in [6, 6.07) is 13.5. The van der Waals surface area contributed by atoms with E-state index in [9.17, 15) is 25.0 Å². The van der Waals surface area contributed by atoms with Crippen LogP contribution in [-0.2, 0) is 0 Å². The van der Waals surface area contributed by atoms with Gasteiger partial charge in [0.05, 0.1) is 27.2 Å². The molecule has 2 heterocycles. The van der Waals surface area contributed by atoms with Crippen molar-refractivity contribution in [3.05, 3.63) is 80.4 Å². The molecule has 0 atom stereocenters. The minimum absolute atomic E-state index is 0.187. The molecule has 0 unspecified atom stereocenters. The molecule has 174 valence electrons. The zero-order valence-electron chi connectivity index (χ0n) is 18.2. The Hall–Kier alpha value is -4.41. The monoisotopic (exact) mass is 462 g/mol. The molecule has 0 bridgehead atoms. The molecule has 0 saturated carbocycles. The van der Waals surface area contributed by atoms with Crippen LogP contribution in [0.1, 0.15) is 36.0 Å². The van der Waals surface area contributed by atoms with Crippen LogP contribution in [0.5, 0.6) is 0 Å². The molecule has 1 aromatic heterocycles. The Kier molecular flexibility index (Phi) is 6.72. The first-order valence-electron chi connectivity index (χ1n) is 10.8. The van der Waals surface area contributed by atoms with Gasteiger partial charge in [0.25, 0.3) is 17.3 Å². The van der Waals surface area contributed by atoms with Crippen molar-refractivity contribution in [1.82, 2.24) is 10.2 Å². The summed E-state index contributed by atoms with van der Waals surface area (Å²) in [5, 5.41) is 33.5. The fraction of sp³-hybridized carbons (Fsp3) is 0.261. The number of nitro benzene ring substituents is 2. The minimum atomic E-state index is -0.779. The van der Waals surface area contributed by atoms with Gasteiger partial charge in [0.15, 0.2) is 5.82 Å². The van der Waals surface area contributed by atoms with Crippen molar-refractivity contribution in [3.63, 3.8) is 0 Å². The number of hydrogen-bond donors (Lipinski definition) is 1. The maximum absolute atomic E-state index is 12.7. The van der Waals surface area contributed by atoms with Gasteiger partial charge in [0, 0.05) is 36.5 Å². The molecule has 2 aromatic carbocycles. The molecule has 1 N–H and O–H groups in total. The van der Waals surface area contributed by atoms with Crippen LogP contribution in [0.3, 0.4) is 0 Å². The summed E-state index contributed by atoms with van der Waals surface area (Å²) >= 11 is 0. The van der Waals surface area contributed by atoms with E-state index in [1.54, 1.807) is 18.2 Å². The number of carbonyl (C=O) groups excluding carboxylic acids is 1. The molecule has 0 spiro atoms. The molecule has 1 saturated heterocycles. The van der Waals surface area contributed by atoms with Crippen LogP contribution in [0, 0.1) is 20.2 Å². The van der Waals surface area contributed by atoms with Crippen LogP contribution in [0.25, 0.3) is 11.3 Å². The van der Waals surface area contributed by atoms with E-state index in [2.05, 4.69) is 20.4 Å². The lowest BCUT2D eigenvalue weighted by atomic mass is 10.1. The molecule has 0 aliphatic carbocycles. The molecule has 11 nitrogen and oxygen atoms in total. The van der Waals surface area contributed by atoms with Gasteiger partial charge in [-0.2, -0.15) is 0 Å². The van der Waals surface area contributed by atoms with E-state index in [1.807, 2.05) is 18.2 Å². The maximum atomic E-state index is 12.7. The summed E-state index contributed by atoms with van der Waals surface area (Å²) in [6.07, 6.45) is 4.73. The molecular formula is C23H22N6O5. The topological polar surface area (TPSA) is 144 Å². The van der Waals surface area contributed by atoms with Crippen molar-refractivity contribution in [2.45, 2.75) is 25.7 Å². The third kappa shape index (κ3) is 5.31. The van der Waals surface area contributed by atoms with Crippen molar-refractivity contribution in [2.24, 2.45) is 0 Å². The fourth-order valence-corrected chi connectivity index (χ4v) is 3.84. The lowest BCUT2D eigenvalue weighted by molar-refractivity contribution is -0.394. The number of nitro groups is 2. The summed E-state index contributed by atoms with van der Waals surface area (Å²) < 4.78 is 0. The highest BCUT2D eigenvalue weighted by Gasteiger charge is 2.20. The van der Waals surface area contributed by atoms with Crippen LogP contribution < -0.4 is 10.2 Å². The normalized spacial score (nSPS) is 13.7. The number of carbonyl (C=O) groups is 1. The maximum Gasteiger partial charge on any atom is 0.277 e. The van der Waals surface area contributed by atoms with Crippen LogP contribution in [0.15, 0.2) is 54.6 Å². The van der Waals surface area contributed by atoms with Gasteiger partial charge in [-0.05, 0) is 37.1 Å². The SMILES string of the molecule is O=C(Nc1cccc(-c2ccc(N3CCCCCC3)nn2)c1)c1cc([N+](=O)[O-])cc([N+](=O)[O-])c1. The molecule has 11 heteroatoms. The fourth-order valence-electron chi connectivity index (χ4n) is 3.84. The van der Waals surface area contributed by atoms with Gasteiger partial charge in [0.1, 0.15) is 0 Å². The summed E-state index contributed by atoms with van der Waals surface area (Å²) in [5.41, 5.74) is 0.502. The van der Waals surface area contributed by atoms with Gasteiger partial charge < -0.3 is 10.2 Å². The van der Waals surface area contributed by atoms with Gasteiger partial charge in [-0.25, -0.2) is 0 Å². The van der Waals surface area contributed by atoms with Gasteiger partial charge in [-0.15, -0.1) is 10.2 Å². The number of amides is 1. The van der Waals surface area contributed by atoms with Crippen molar-refractivity contribution in [2.75, 3.05) is 23.3 Å². The third-order valence-corrected chi connectivity index (χ3v) is 5.58. The quantitative estimate of drug-likeness (QED) is 0.413. The number of rotatable bonds is 6. The Balaban J connectivity index is 1.52. The zero-order chi connectivity index (χ0) is 24.1. The molecule has 1 amide bonds. The molecule has 3 aromatic rings. The van der Waals surface area contributed by atoms with Gasteiger partial charge >= 0.3 is 0 Å². The zero-order valence-corrected chi connectivity index (χ0v) is 18.2. The molecule has 34 heavy (non-hydrogen) atoms. The standard InChI is InChI=1S/C23H22N6O5/c30-23(17-13-19(28(31)32)15-20(14-17)29(33)34)24-18-7-5-6-16(12-18)21-8-9-22(26-25-21)27-10-3-1-2-4-11-27/h5-9,12-15H,1-4,10-11H2,(H,24,30). The van der Waals surface area contributed by atoms with Crippen molar-refractivity contribution >= 4 is 28.8 Å². The van der Waals surface area contributed by atoms with E-state index in [0.29, 0.717) is 11.4 Å². The summed E-state index contributed by atoms with van der Waals surface area (Å²) in [6.45, 7) is 1.93. The largest absolute Gasteiger partial charge is 0.355 e. The number of hydrogen-bond acceptors (Lipinski definition) is 8. The van der Waals surface area contributed by atoms with Crippen molar-refractivity contribution in [3.8, 4) is 11.3 Å². The van der Waals surface area contributed by atoms with E-state index < -0.39 is 27.1 Å². The van der Waals surface area contributed by atoms with Crippen LogP contribution in [-0.4, -0.2) is 39.0 Å². The number of non-ortho nitro benzene ring substituents is 2. The van der Waals surface area contributed by atoms with E-state index in [4.69, 9.17) is 0 Å². The number of nitrogens with zero attached hydrogens (tertiary/aromatic N) is 5. The molecule has 0 radical (unpaired) electrons. The summed E-state index contributed by atoms with van der Waals surface area (Å²) in [4.78, 5) is 35.5. The predicted molar refractivity (Wildman–Crippen MR) is 126 cm³/mol. The van der Waals surface area contributed by atoms with Crippen LogP contribution >= 0.6 is 0 Å². The minimum Gasteiger partial charge on any atom is -0.355 e. The van der Waals surface area contributed by atoms with E-state index in [0.717, 1.165) is 55.5 Å². The number of benzene rings is 2. The summed E-state index contributed by atoms with van der Waals surface area (Å²) in [5.74, 6) is 0.133. The van der Waals surface area contributed by atoms with Gasteiger partial charge in [0.2, 0.25) is 0 Å². The highest BCUT2D eigenvalue weighted by molar-refractivity contribution is 6.05. The Morgan fingerprint density at radius 2 is 1.53 bits per heavy atom. The Morgan fingerprint density at radius 3 is 2.12 bits per heavy atom. The molecule has 1 fully saturated rings. The number of aromatic nitrogens is 2. The first-order valence-corrected chi connectivity index (χ1v) is 10.8. The predicted octanol–water partition coefficient (Wildman–Crippen LogP) is 4.59. The third-order valence-electron chi connectivity index (χ3n) is 5.58. The second-order valence-electron chi connectivity index (χ2n) is 7.97. The van der Waals surface area contributed by atoms with Crippen molar-refractivity contribution < 1.29 is 14.6 Å². The van der Waals surface area contributed by atoms with E-state index in [1.165, 1.54) is 12.8 Å². The first kappa shape index (κ1) is 22.8. The Bertz CT molecular complexity index is 1190. The first-order chi connectivity index (χ1) is 16.4. The molecule has 1 aliphatic heterocycles. The van der Waals surface area contributed by atoms with E-state index >= 15 is 0 Å². The highest BCUT2D eigenvalue weighted by Crippen LogP contribution is 2.26. The molecule has 4 rings (SSSR count). The second-order valence-corrected chi connectivity index (χ2v) is 7.97. The smallest absolute Gasteiger partial charge is 0.277 e. The average molecular weight is 462 g/mol. The van der Waals surface area contributed by atoms with E-state index in [-0.39, 0.29) is 5.56 Å². The summed E-state index contributed by atoms with van der Waals surface area (Å²) in [7, 11) is 0. The second kappa shape index (κ2) is 10.0. The molecular weight excluding hydrogens is 440 g/mol. The van der Waals surface area contributed by atoms with Crippen molar-refractivity contribution in [1.29, 1.82) is 0 Å². The van der Waals surface area contributed by atoms with Crippen LogP contribution in [0.4, 0.5) is 22.9 Å². The van der Waals surface area contributed by atoms with Gasteiger partial charge in [-0.1, -0.05) is 25.0 Å². The number of nitrogens with one attached hydrogen (secondary N) is 1. The van der Waals surface area contributed by atoms with Gasteiger partial charge in [-0.3, -0.25) is 25.0 Å². The number of anilines is 2. The Labute approximate surface area is 194 Å².